The van der Waals surface area contributed by atoms with Crippen LogP contribution >= 0.6 is 0 Å². The molecule has 1 aliphatic rings. The monoisotopic (exact) mass is 194 g/mol. The minimum Gasteiger partial charge on any atom is -0.276 e. The van der Waals surface area contributed by atoms with Crippen LogP contribution in [0.3, 0.4) is 0 Å². The largest absolute Gasteiger partial charge is 0.276 e. The summed E-state index contributed by atoms with van der Waals surface area (Å²) in [4.78, 5) is 27.2. The Morgan fingerprint density at radius 1 is 0.929 bits per heavy atom. The van der Waals surface area contributed by atoms with E-state index in [2.05, 4.69) is 9.98 Å². The molecule has 0 aromatic heterocycles. The van der Waals surface area contributed by atoms with Crippen LogP contribution in [-0.2, 0) is 9.59 Å². The molecular weight excluding hydrogens is 180 g/mol. The number of carbonyl (C=O) groups excluding carboxylic acids is 2. The van der Waals surface area contributed by atoms with E-state index in [1.54, 1.807) is 12.4 Å². The Kier molecular flexibility index (Phi) is 4.75. The average molecular weight is 194 g/mol. The van der Waals surface area contributed by atoms with Gasteiger partial charge in [-0.05, 0) is 31.1 Å². The number of aliphatic imine (C=N–C) groups is 2. The molecule has 0 spiro atoms. The van der Waals surface area contributed by atoms with Crippen LogP contribution < -0.4 is 0 Å². The van der Waals surface area contributed by atoms with Crippen LogP contribution in [-0.4, -0.2) is 25.2 Å². The maximum atomic E-state index is 10.0. The molecule has 0 aliphatic heterocycles. The second kappa shape index (κ2) is 6.18. The zero-order chi connectivity index (χ0) is 10.2. The predicted molar refractivity (Wildman–Crippen MR) is 54.6 cm³/mol. The number of carbonyl (C=O) groups is 2. The molecule has 0 aromatic rings. The molecule has 14 heavy (non-hydrogen) atoms. The Morgan fingerprint density at radius 2 is 1.43 bits per heavy atom. The van der Waals surface area contributed by atoms with Crippen molar-refractivity contribution in [1.82, 2.24) is 0 Å². The SMILES string of the molecule is O=CN=CC1CCCC(C=NC=O)C1. The van der Waals surface area contributed by atoms with Gasteiger partial charge in [0, 0.05) is 12.4 Å². The fraction of sp³-hybridized carbons (Fsp3) is 0.600. The van der Waals surface area contributed by atoms with Crippen molar-refractivity contribution >= 4 is 25.2 Å². The predicted octanol–water partition coefficient (Wildman–Crippen LogP) is 1.25. The summed E-state index contributed by atoms with van der Waals surface area (Å²) in [7, 11) is 0. The average Bonchev–Trinajstić information content (AvgIpc) is 2.24. The van der Waals surface area contributed by atoms with Crippen molar-refractivity contribution in [3.8, 4) is 0 Å². The first-order valence-corrected chi connectivity index (χ1v) is 4.80. The highest BCUT2D eigenvalue weighted by Gasteiger charge is 2.18. The van der Waals surface area contributed by atoms with E-state index in [1.807, 2.05) is 0 Å². The Morgan fingerprint density at radius 3 is 1.86 bits per heavy atom. The molecule has 1 saturated carbocycles. The second-order valence-corrected chi connectivity index (χ2v) is 3.49. The van der Waals surface area contributed by atoms with Gasteiger partial charge in [0.1, 0.15) is 0 Å². The summed E-state index contributed by atoms with van der Waals surface area (Å²) in [5.74, 6) is 0.717. The number of amides is 2. The highest BCUT2D eigenvalue weighted by Crippen LogP contribution is 2.26. The van der Waals surface area contributed by atoms with E-state index >= 15 is 0 Å². The van der Waals surface area contributed by atoms with Gasteiger partial charge in [0.15, 0.2) is 0 Å². The number of hydrogen-bond acceptors (Lipinski definition) is 2. The van der Waals surface area contributed by atoms with Crippen LogP contribution in [0.4, 0.5) is 0 Å². The van der Waals surface area contributed by atoms with E-state index < -0.39 is 0 Å². The molecule has 1 fully saturated rings. The lowest BCUT2D eigenvalue weighted by Crippen LogP contribution is -2.17. The molecule has 1 rings (SSSR count). The maximum Gasteiger partial charge on any atom is 0.232 e. The van der Waals surface area contributed by atoms with Gasteiger partial charge in [-0.15, -0.1) is 0 Å². The molecule has 0 radical (unpaired) electrons. The van der Waals surface area contributed by atoms with Crippen molar-refractivity contribution < 1.29 is 9.59 Å². The summed E-state index contributed by atoms with van der Waals surface area (Å²) in [6.07, 6.45) is 8.71. The summed E-state index contributed by atoms with van der Waals surface area (Å²) in [5, 5.41) is 0. The molecule has 0 bridgehead atoms. The van der Waals surface area contributed by atoms with Crippen molar-refractivity contribution in [3.05, 3.63) is 0 Å². The molecule has 2 atom stereocenters. The normalized spacial score (nSPS) is 28.3. The van der Waals surface area contributed by atoms with Gasteiger partial charge in [-0.1, -0.05) is 6.42 Å². The van der Waals surface area contributed by atoms with Crippen molar-refractivity contribution in [1.29, 1.82) is 0 Å². The van der Waals surface area contributed by atoms with Crippen molar-refractivity contribution in [2.24, 2.45) is 21.8 Å². The number of hydrogen-bond donors (Lipinski definition) is 0. The standard InChI is InChI=1S/C10H14N2O2/c13-7-11-5-9-2-1-3-10(4-9)6-12-8-14/h5-10H,1-4H2. The highest BCUT2D eigenvalue weighted by atomic mass is 16.1. The summed E-state index contributed by atoms with van der Waals surface area (Å²) in [5.41, 5.74) is 0. The van der Waals surface area contributed by atoms with Gasteiger partial charge in [-0.3, -0.25) is 9.59 Å². The van der Waals surface area contributed by atoms with Crippen molar-refractivity contribution in [2.75, 3.05) is 0 Å². The molecule has 2 unspecified atom stereocenters. The van der Waals surface area contributed by atoms with E-state index in [0.717, 1.165) is 25.7 Å². The zero-order valence-electron chi connectivity index (χ0n) is 8.00. The third-order valence-corrected chi connectivity index (χ3v) is 2.47. The molecular formula is C10H14N2O2. The summed E-state index contributed by atoms with van der Waals surface area (Å²) in [6.45, 7) is 0. The second-order valence-electron chi connectivity index (χ2n) is 3.49. The highest BCUT2D eigenvalue weighted by molar-refractivity contribution is 5.74. The molecule has 4 heteroatoms. The van der Waals surface area contributed by atoms with Crippen LogP contribution in [0.25, 0.3) is 0 Å². The lowest BCUT2D eigenvalue weighted by atomic mass is 9.83. The number of rotatable bonds is 4. The molecule has 4 nitrogen and oxygen atoms in total. The lowest BCUT2D eigenvalue weighted by molar-refractivity contribution is -0.107. The minimum atomic E-state index is 0.358. The summed E-state index contributed by atoms with van der Waals surface area (Å²) in [6, 6.07) is 0. The third-order valence-electron chi connectivity index (χ3n) is 2.47. The van der Waals surface area contributed by atoms with Gasteiger partial charge in [-0.2, -0.15) is 0 Å². The summed E-state index contributed by atoms with van der Waals surface area (Å²) < 4.78 is 0. The van der Waals surface area contributed by atoms with E-state index in [0.29, 0.717) is 24.7 Å². The smallest absolute Gasteiger partial charge is 0.232 e. The molecule has 0 aromatic carbocycles. The molecule has 2 amide bonds. The molecule has 76 valence electrons. The fourth-order valence-electron chi connectivity index (χ4n) is 1.85. The first kappa shape index (κ1) is 10.8. The first-order valence-electron chi connectivity index (χ1n) is 4.80. The van der Waals surface area contributed by atoms with Crippen LogP contribution in [0.15, 0.2) is 9.98 Å². The third kappa shape index (κ3) is 3.60. The van der Waals surface area contributed by atoms with Crippen LogP contribution in [0, 0.1) is 11.8 Å². The van der Waals surface area contributed by atoms with Gasteiger partial charge in [-0.25, -0.2) is 9.98 Å². The quantitative estimate of drug-likeness (QED) is 0.499. The molecule has 1 aliphatic carbocycles. The van der Waals surface area contributed by atoms with Crippen LogP contribution in [0.2, 0.25) is 0 Å². The van der Waals surface area contributed by atoms with Gasteiger partial charge in [0.2, 0.25) is 12.8 Å². The topological polar surface area (TPSA) is 58.9 Å². The van der Waals surface area contributed by atoms with E-state index in [-0.39, 0.29) is 0 Å². The number of nitrogens with zero attached hydrogens (tertiary/aromatic N) is 2. The summed E-state index contributed by atoms with van der Waals surface area (Å²) >= 11 is 0. The van der Waals surface area contributed by atoms with E-state index in [4.69, 9.17) is 0 Å². The maximum absolute atomic E-state index is 10.0. The Hall–Kier alpha value is -1.32. The zero-order valence-corrected chi connectivity index (χ0v) is 8.00. The molecule has 0 heterocycles. The fourth-order valence-corrected chi connectivity index (χ4v) is 1.85. The van der Waals surface area contributed by atoms with Gasteiger partial charge < -0.3 is 0 Å². The van der Waals surface area contributed by atoms with Crippen molar-refractivity contribution in [3.63, 3.8) is 0 Å². The van der Waals surface area contributed by atoms with E-state index in [9.17, 15) is 9.59 Å². The van der Waals surface area contributed by atoms with Gasteiger partial charge in [0.25, 0.3) is 0 Å². The molecule has 0 saturated heterocycles. The Balaban J connectivity index is 2.42. The minimum absolute atomic E-state index is 0.358. The first-order chi connectivity index (χ1) is 6.86. The molecule has 0 N–H and O–H groups in total. The van der Waals surface area contributed by atoms with Crippen LogP contribution in [0.1, 0.15) is 25.7 Å². The Bertz CT molecular complexity index is 225. The van der Waals surface area contributed by atoms with Crippen molar-refractivity contribution in [2.45, 2.75) is 25.7 Å². The van der Waals surface area contributed by atoms with Gasteiger partial charge >= 0.3 is 0 Å². The van der Waals surface area contributed by atoms with Gasteiger partial charge in [0.05, 0.1) is 0 Å². The lowest BCUT2D eigenvalue weighted by Gasteiger charge is -2.23. The van der Waals surface area contributed by atoms with E-state index in [1.165, 1.54) is 0 Å². The Labute approximate surface area is 83.1 Å². The van der Waals surface area contributed by atoms with Crippen LogP contribution in [0.5, 0.6) is 0 Å².